The van der Waals surface area contributed by atoms with Gasteiger partial charge in [-0.25, -0.2) is 9.50 Å². The molecule has 4 aromatic rings. The van der Waals surface area contributed by atoms with Crippen molar-refractivity contribution in [3.8, 4) is 0 Å². The molecule has 36 heavy (non-hydrogen) atoms. The van der Waals surface area contributed by atoms with Gasteiger partial charge in [-0.05, 0) is 49.9 Å². The Labute approximate surface area is 208 Å². The van der Waals surface area contributed by atoms with Crippen LogP contribution >= 0.6 is 0 Å². The Morgan fingerprint density at radius 3 is 2.39 bits per heavy atom. The molecule has 0 radical (unpaired) electrons. The zero-order valence-electron chi connectivity index (χ0n) is 19.9. The SMILES string of the molecule is CC(=O)NC1CCC(Nc2cc(Nc3ccccc3)c3ncc(C(=O)Nc4ccncc4)n3n2)CC1. The molecule has 5 rings (SSSR count). The molecule has 1 saturated carbocycles. The van der Waals surface area contributed by atoms with Crippen LogP contribution in [0.3, 0.4) is 0 Å². The third kappa shape index (κ3) is 5.43. The van der Waals surface area contributed by atoms with Gasteiger partial charge in [0, 0.05) is 48.8 Å². The maximum atomic E-state index is 13.1. The number of para-hydroxylation sites is 1. The van der Waals surface area contributed by atoms with Crippen LogP contribution < -0.4 is 21.3 Å². The normalized spacial score (nSPS) is 17.4. The van der Waals surface area contributed by atoms with Crippen LogP contribution in [0, 0.1) is 0 Å². The van der Waals surface area contributed by atoms with E-state index in [0.717, 1.165) is 37.1 Å². The van der Waals surface area contributed by atoms with Gasteiger partial charge >= 0.3 is 0 Å². The summed E-state index contributed by atoms with van der Waals surface area (Å²) >= 11 is 0. The first kappa shape index (κ1) is 23.3. The molecule has 4 N–H and O–H groups in total. The average Bonchev–Trinajstić information content (AvgIpc) is 3.31. The summed E-state index contributed by atoms with van der Waals surface area (Å²) in [6, 6.07) is 15.6. The van der Waals surface area contributed by atoms with Crippen LogP contribution in [0.15, 0.2) is 67.1 Å². The van der Waals surface area contributed by atoms with Crippen LogP contribution in [-0.4, -0.2) is 43.5 Å². The molecule has 0 spiro atoms. The van der Waals surface area contributed by atoms with Crippen molar-refractivity contribution in [2.45, 2.75) is 44.7 Å². The number of benzene rings is 1. The first-order valence-corrected chi connectivity index (χ1v) is 12.0. The molecule has 1 aliphatic carbocycles. The van der Waals surface area contributed by atoms with Gasteiger partial charge in [0.15, 0.2) is 11.3 Å². The molecule has 10 nitrogen and oxygen atoms in total. The molecule has 184 valence electrons. The van der Waals surface area contributed by atoms with Crippen LogP contribution in [0.5, 0.6) is 0 Å². The van der Waals surface area contributed by atoms with Gasteiger partial charge < -0.3 is 21.3 Å². The molecule has 1 aromatic carbocycles. The summed E-state index contributed by atoms with van der Waals surface area (Å²) in [6.07, 6.45) is 8.38. The number of nitrogens with one attached hydrogen (secondary N) is 4. The van der Waals surface area contributed by atoms with E-state index in [9.17, 15) is 9.59 Å². The third-order valence-corrected chi connectivity index (χ3v) is 6.18. The Bertz CT molecular complexity index is 1350. The molecule has 0 unspecified atom stereocenters. The summed E-state index contributed by atoms with van der Waals surface area (Å²) in [7, 11) is 0. The molecule has 3 aromatic heterocycles. The van der Waals surface area contributed by atoms with E-state index in [-0.39, 0.29) is 23.9 Å². The molecule has 3 heterocycles. The number of hydrogen-bond acceptors (Lipinski definition) is 7. The van der Waals surface area contributed by atoms with E-state index in [0.29, 0.717) is 22.8 Å². The van der Waals surface area contributed by atoms with Crippen molar-refractivity contribution < 1.29 is 9.59 Å². The minimum absolute atomic E-state index is 0.00725. The van der Waals surface area contributed by atoms with Crippen LogP contribution in [0.2, 0.25) is 0 Å². The molecular weight excluding hydrogens is 456 g/mol. The van der Waals surface area contributed by atoms with Crippen molar-refractivity contribution >= 4 is 40.3 Å². The second-order valence-electron chi connectivity index (χ2n) is 8.90. The second-order valence-corrected chi connectivity index (χ2v) is 8.90. The number of anilines is 4. The third-order valence-electron chi connectivity index (χ3n) is 6.18. The largest absolute Gasteiger partial charge is 0.366 e. The first-order valence-electron chi connectivity index (χ1n) is 12.0. The van der Waals surface area contributed by atoms with Crippen molar-refractivity contribution in [3.05, 3.63) is 72.8 Å². The van der Waals surface area contributed by atoms with Gasteiger partial charge in [-0.2, -0.15) is 0 Å². The van der Waals surface area contributed by atoms with Crippen LogP contribution in [0.4, 0.5) is 22.9 Å². The maximum Gasteiger partial charge on any atom is 0.276 e. The molecule has 0 saturated heterocycles. The highest BCUT2D eigenvalue weighted by molar-refractivity contribution is 6.03. The molecule has 1 fully saturated rings. The minimum Gasteiger partial charge on any atom is -0.366 e. The van der Waals surface area contributed by atoms with E-state index >= 15 is 0 Å². The van der Waals surface area contributed by atoms with Crippen LogP contribution in [-0.2, 0) is 4.79 Å². The maximum absolute atomic E-state index is 13.1. The van der Waals surface area contributed by atoms with Crippen molar-refractivity contribution in [2.75, 3.05) is 16.0 Å². The molecule has 0 bridgehead atoms. The lowest BCUT2D eigenvalue weighted by Crippen LogP contribution is -2.39. The number of imidazole rings is 1. The van der Waals surface area contributed by atoms with Gasteiger partial charge in [0.1, 0.15) is 5.82 Å². The number of rotatable bonds is 7. The summed E-state index contributed by atoms with van der Waals surface area (Å²) in [6.45, 7) is 1.55. The van der Waals surface area contributed by atoms with E-state index in [1.165, 1.54) is 6.20 Å². The van der Waals surface area contributed by atoms with E-state index in [1.807, 2.05) is 36.4 Å². The second kappa shape index (κ2) is 10.4. The predicted octanol–water partition coefficient (Wildman–Crippen LogP) is 3.98. The number of fused-ring (bicyclic) bond motifs is 1. The standard InChI is InChI=1S/C26H28N8O2/c1-17(35)29-19-7-9-20(10-8-19)31-24-15-22(30-18-5-3-2-4-6-18)25-28-16-23(34(25)33-24)26(36)32-21-11-13-27-14-12-21/h2-6,11-16,19-20,30H,7-10H2,1H3,(H,29,35)(H,31,33)(H,27,32,36). The monoisotopic (exact) mass is 484 g/mol. The molecule has 10 heteroatoms. The number of hydrogen-bond donors (Lipinski definition) is 4. The summed E-state index contributed by atoms with van der Waals surface area (Å²) in [4.78, 5) is 32.9. The number of pyridine rings is 1. The van der Waals surface area contributed by atoms with E-state index in [2.05, 4.69) is 31.2 Å². The highest BCUT2D eigenvalue weighted by Gasteiger charge is 2.23. The quantitative estimate of drug-likeness (QED) is 0.313. The molecule has 0 aliphatic heterocycles. The van der Waals surface area contributed by atoms with Gasteiger partial charge in [-0.1, -0.05) is 18.2 Å². The zero-order valence-corrected chi connectivity index (χ0v) is 19.9. The number of nitrogens with zero attached hydrogens (tertiary/aromatic N) is 4. The lowest BCUT2D eigenvalue weighted by atomic mass is 9.91. The summed E-state index contributed by atoms with van der Waals surface area (Å²) < 4.78 is 1.56. The van der Waals surface area contributed by atoms with Crippen molar-refractivity contribution in [3.63, 3.8) is 0 Å². The lowest BCUT2D eigenvalue weighted by molar-refractivity contribution is -0.119. The van der Waals surface area contributed by atoms with E-state index in [4.69, 9.17) is 5.10 Å². The number of amides is 2. The lowest BCUT2D eigenvalue weighted by Gasteiger charge is -2.29. The Hall–Kier alpha value is -4.47. The molecule has 2 amide bonds. The Kier molecular flexibility index (Phi) is 6.74. The Morgan fingerprint density at radius 2 is 1.67 bits per heavy atom. The van der Waals surface area contributed by atoms with Gasteiger partial charge in [-0.3, -0.25) is 14.6 Å². The molecular formula is C26H28N8O2. The van der Waals surface area contributed by atoms with Crippen LogP contribution in [0.1, 0.15) is 43.1 Å². The van der Waals surface area contributed by atoms with Crippen molar-refractivity contribution in [1.29, 1.82) is 0 Å². The number of aromatic nitrogens is 4. The van der Waals surface area contributed by atoms with Gasteiger partial charge in [0.2, 0.25) is 5.91 Å². The summed E-state index contributed by atoms with van der Waals surface area (Å²) in [5.74, 6) is 0.326. The number of carbonyl (C=O) groups is 2. The van der Waals surface area contributed by atoms with Crippen LogP contribution in [0.25, 0.3) is 5.65 Å². The zero-order chi connectivity index (χ0) is 24.9. The predicted molar refractivity (Wildman–Crippen MR) is 138 cm³/mol. The van der Waals surface area contributed by atoms with Gasteiger partial charge in [-0.15, -0.1) is 5.10 Å². The topological polar surface area (TPSA) is 125 Å². The Morgan fingerprint density at radius 1 is 0.944 bits per heavy atom. The fourth-order valence-electron chi connectivity index (χ4n) is 4.47. The van der Waals surface area contributed by atoms with E-state index in [1.54, 1.807) is 36.0 Å². The first-order chi connectivity index (χ1) is 17.5. The fraction of sp³-hybridized carbons (Fsp3) is 0.269. The van der Waals surface area contributed by atoms with Gasteiger partial charge in [0.25, 0.3) is 5.91 Å². The number of carbonyl (C=O) groups excluding carboxylic acids is 2. The van der Waals surface area contributed by atoms with Gasteiger partial charge in [0.05, 0.1) is 11.9 Å². The van der Waals surface area contributed by atoms with Crippen molar-refractivity contribution in [1.82, 2.24) is 24.9 Å². The smallest absolute Gasteiger partial charge is 0.276 e. The minimum atomic E-state index is -0.320. The van der Waals surface area contributed by atoms with Crippen molar-refractivity contribution in [2.24, 2.45) is 0 Å². The fourth-order valence-corrected chi connectivity index (χ4v) is 4.47. The van der Waals surface area contributed by atoms with E-state index < -0.39 is 0 Å². The highest BCUT2D eigenvalue weighted by Crippen LogP contribution is 2.27. The average molecular weight is 485 g/mol. The Balaban J connectivity index is 1.43. The summed E-state index contributed by atoms with van der Waals surface area (Å²) in [5.41, 5.74) is 3.12. The highest BCUT2D eigenvalue weighted by atomic mass is 16.2. The molecule has 0 atom stereocenters. The summed E-state index contributed by atoms with van der Waals surface area (Å²) in [5, 5.41) is 17.5. The molecule has 1 aliphatic rings.